The summed E-state index contributed by atoms with van der Waals surface area (Å²) in [6.07, 6.45) is 9.09. The molecule has 4 heterocycles. The summed E-state index contributed by atoms with van der Waals surface area (Å²) in [6, 6.07) is 8.16. The molecule has 1 saturated heterocycles. The number of aromatic nitrogens is 3. The molecule has 1 atom stereocenters. The van der Waals surface area contributed by atoms with Gasteiger partial charge in [0.2, 0.25) is 5.91 Å². The van der Waals surface area contributed by atoms with Gasteiger partial charge in [0.05, 0.1) is 5.69 Å². The van der Waals surface area contributed by atoms with Crippen molar-refractivity contribution in [3.8, 4) is 0 Å². The molecule has 5 nitrogen and oxygen atoms in total. The van der Waals surface area contributed by atoms with Crippen LogP contribution in [0.5, 0.6) is 0 Å². The third kappa shape index (κ3) is 5.46. The van der Waals surface area contributed by atoms with E-state index < -0.39 is 0 Å². The van der Waals surface area contributed by atoms with Gasteiger partial charge in [-0.1, -0.05) is 23.9 Å². The maximum absolute atomic E-state index is 12.8. The monoisotopic (exact) mass is 438 g/mol. The van der Waals surface area contributed by atoms with E-state index in [1.54, 1.807) is 29.3 Å². The summed E-state index contributed by atoms with van der Waals surface area (Å²) in [5, 5.41) is 2.86. The summed E-state index contributed by atoms with van der Waals surface area (Å²) in [4.78, 5) is 29.6. The van der Waals surface area contributed by atoms with E-state index in [1.165, 1.54) is 4.88 Å². The maximum Gasteiger partial charge on any atom is 0.222 e. The van der Waals surface area contributed by atoms with Gasteiger partial charge >= 0.3 is 0 Å². The highest BCUT2D eigenvalue weighted by atomic mass is 32.2. The summed E-state index contributed by atoms with van der Waals surface area (Å²) in [6.45, 7) is 3.68. The number of thiophene rings is 1. The fourth-order valence-electron chi connectivity index (χ4n) is 3.82. The van der Waals surface area contributed by atoms with Crippen LogP contribution in [0.3, 0.4) is 0 Å². The average molecular weight is 439 g/mol. The van der Waals surface area contributed by atoms with Gasteiger partial charge in [-0.3, -0.25) is 9.78 Å². The van der Waals surface area contributed by atoms with E-state index in [2.05, 4.69) is 34.4 Å². The molecule has 0 radical (unpaired) electrons. The van der Waals surface area contributed by atoms with Crippen LogP contribution >= 0.6 is 23.1 Å². The molecular weight excluding hydrogens is 412 g/mol. The van der Waals surface area contributed by atoms with Crippen LogP contribution in [0.4, 0.5) is 0 Å². The van der Waals surface area contributed by atoms with Crippen LogP contribution in [0.15, 0.2) is 53.4 Å². The Morgan fingerprint density at radius 1 is 1.30 bits per heavy atom. The second kappa shape index (κ2) is 10.2. The van der Waals surface area contributed by atoms with Gasteiger partial charge in [-0.15, -0.1) is 11.3 Å². The lowest BCUT2D eigenvalue weighted by molar-refractivity contribution is -0.132. The van der Waals surface area contributed by atoms with Crippen LogP contribution in [0, 0.1) is 6.92 Å². The van der Waals surface area contributed by atoms with Crippen LogP contribution in [0.1, 0.15) is 46.9 Å². The van der Waals surface area contributed by atoms with Crippen LogP contribution in [-0.2, 0) is 17.0 Å². The van der Waals surface area contributed by atoms with Crippen molar-refractivity contribution in [2.24, 2.45) is 0 Å². The average Bonchev–Trinajstić information content (AvgIpc) is 3.31. The van der Waals surface area contributed by atoms with E-state index in [-0.39, 0.29) is 11.8 Å². The van der Waals surface area contributed by atoms with Crippen molar-refractivity contribution < 1.29 is 4.79 Å². The Morgan fingerprint density at radius 3 is 3.03 bits per heavy atom. The highest BCUT2D eigenvalue weighted by molar-refractivity contribution is 7.98. The first kappa shape index (κ1) is 21.0. The zero-order valence-corrected chi connectivity index (χ0v) is 18.8. The normalized spacial score (nSPS) is 16.6. The van der Waals surface area contributed by atoms with Crippen molar-refractivity contribution in [1.29, 1.82) is 0 Å². The number of hydrogen-bond acceptors (Lipinski definition) is 6. The number of pyridine rings is 1. The molecule has 3 aromatic heterocycles. The van der Waals surface area contributed by atoms with E-state index in [4.69, 9.17) is 4.98 Å². The Kier molecular flexibility index (Phi) is 7.12. The molecule has 0 aliphatic carbocycles. The molecule has 1 fully saturated rings. The van der Waals surface area contributed by atoms with Crippen LogP contribution in [0.2, 0.25) is 0 Å². The van der Waals surface area contributed by atoms with Crippen molar-refractivity contribution in [2.45, 2.75) is 49.4 Å². The van der Waals surface area contributed by atoms with Crippen molar-refractivity contribution in [2.75, 3.05) is 13.1 Å². The van der Waals surface area contributed by atoms with Crippen molar-refractivity contribution >= 4 is 29.0 Å². The third-order valence-electron chi connectivity index (χ3n) is 5.41. The molecule has 3 aromatic rings. The highest BCUT2D eigenvalue weighted by Gasteiger charge is 2.27. The third-order valence-corrected chi connectivity index (χ3v) is 7.27. The van der Waals surface area contributed by atoms with Crippen LogP contribution < -0.4 is 0 Å². The molecule has 7 heteroatoms. The first-order valence-electron chi connectivity index (χ1n) is 10.3. The van der Waals surface area contributed by atoms with Crippen molar-refractivity contribution in [1.82, 2.24) is 19.9 Å². The fraction of sp³-hybridized carbons (Fsp3) is 0.391. The largest absolute Gasteiger partial charge is 0.342 e. The number of carbonyl (C=O) groups excluding carboxylic acids is 1. The van der Waals surface area contributed by atoms with Crippen LogP contribution in [-0.4, -0.2) is 38.8 Å². The van der Waals surface area contributed by atoms with Crippen molar-refractivity contribution in [3.63, 3.8) is 0 Å². The molecule has 0 spiro atoms. The smallest absolute Gasteiger partial charge is 0.222 e. The quantitative estimate of drug-likeness (QED) is 0.389. The van der Waals surface area contributed by atoms with Gasteiger partial charge in [0, 0.05) is 54.6 Å². The number of likely N-dealkylation sites (tertiary alicyclic amines) is 1. The molecule has 1 aliphatic rings. The molecule has 1 amide bonds. The molecule has 1 aliphatic heterocycles. The van der Waals surface area contributed by atoms with Gasteiger partial charge in [-0.25, -0.2) is 9.97 Å². The lowest BCUT2D eigenvalue weighted by Crippen LogP contribution is -2.39. The minimum absolute atomic E-state index is 0.256. The summed E-state index contributed by atoms with van der Waals surface area (Å²) in [5.41, 5.74) is 3.36. The number of nitrogens with zero attached hydrogens (tertiary/aromatic N) is 4. The van der Waals surface area contributed by atoms with Crippen molar-refractivity contribution in [3.05, 3.63) is 69.9 Å². The number of aryl methyl sites for hydroxylation is 2. The van der Waals surface area contributed by atoms with Gasteiger partial charge in [0.1, 0.15) is 0 Å². The number of rotatable bonds is 7. The summed E-state index contributed by atoms with van der Waals surface area (Å²) >= 11 is 3.35. The minimum Gasteiger partial charge on any atom is -0.342 e. The second-order valence-corrected chi connectivity index (χ2v) is 9.60. The van der Waals surface area contributed by atoms with E-state index >= 15 is 0 Å². The predicted molar refractivity (Wildman–Crippen MR) is 122 cm³/mol. The molecule has 156 valence electrons. The maximum atomic E-state index is 12.8. The topological polar surface area (TPSA) is 59.0 Å². The lowest BCUT2D eigenvalue weighted by atomic mass is 9.92. The fourth-order valence-corrected chi connectivity index (χ4v) is 5.29. The molecular formula is C23H26N4OS2. The molecule has 0 N–H and O–H groups in total. The summed E-state index contributed by atoms with van der Waals surface area (Å²) in [7, 11) is 0. The standard InChI is InChI=1S/C23H26N4OS2/c1-17-13-25-23(30-16-18-5-2-10-24-14-18)26-22(17)19-6-3-11-27(15-19)21(28)9-8-20-7-4-12-29-20/h2,4-5,7,10,12-14,19H,3,6,8-9,11,15-16H2,1H3. The number of hydrogen-bond donors (Lipinski definition) is 0. The number of amides is 1. The Labute approximate surface area is 186 Å². The summed E-state index contributed by atoms with van der Waals surface area (Å²) in [5.74, 6) is 1.34. The van der Waals surface area contributed by atoms with Gasteiger partial charge in [-0.05, 0) is 54.8 Å². The minimum atomic E-state index is 0.256. The lowest BCUT2D eigenvalue weighted by Gasteiger charge is -2.33. The Bertz CT molecular complexity index is 963. The van der Waals surface area contributed by atoms with Gasteiger partial charge in [0.15, 0.2) is 5.16 Å². The van der Waals surface area contributed by atoms with Gasteiger partial charge in [-0.2, -0.15) is 0 Å². The zero-order chi connectivity index (χ0) is 20.8. The molecule has 1 unspecified atom stereocenters. The molecule has 0 saturated carbocycles. The predicted octanol–water partition coefficient (Wildman–Crippen LogP) is 4.87. The number of piperidine rings is 1. The van der Waals surface area contributed by atoms with Crippen LogP contribution in [0.25, 0.3) is 0 Å². The molecule has 0 bridgehead atoms. The first-order chi connectivity index (χ1) is 14.7. The SMILES string of the molecule is Cc1cnc(SCc2cccnc2)nc1C1CCCN(C(=O)CCc2cccs2)C1. The highest BCUT2D eigenvalue weighted by Crippen LogP contribution is 2.30. The second-order valence-electron chi connectivity index (χ2n) is 7.63. The Morgan fingerprint density at radius 2 is 2.23 bits per heavy atom. The van der Waals surface area contributed by atoms with Gasteiger partial charge in [0.25, 0.3) is 0 Å². The Hall–Kier alpha value is -2.25. The molecule has 0 aromatic carbocycles. The molecule has 30 heavy (non-hydrogen) atoms. The number of thioether (sulfide) groups is 1. The van der Waals surface area contributed by atoms with E-state index in [0.29, 0.717) is 6.42 Å². The Balaban J connectivity index is 1.39. The first-order valence-corrected chi connectivity index (χ1v) is 12.2. The van der Waals surface area contributed by atoms with E-state index in [9.17, 15) is 4.79 Å². The van der Waals surface area contributed by atoms with Gasteiger partial charge < -0.3 is 4.90 Å². The summed E-state index contributed by atoms with van der Waals surface area (Å²) < 4.78 is 0. The van der Waals surface area contributed by atoms with E-state index in [0.717, 1.165) is 60.1 Å². The molecule has 4 rings (SSSR count). The number of carbonyl (C=O) groups is 1. The van der Waals surface area contributed by atoms with E-state index in [1.807, 2.05) is 29.4 Å². The zero-order valence-electron chi connectivity index (χ0n) is 17.2.